The van der Waals surface area contributed by atoms with Gasteiger partial charge in [0.2, 0.25) is 10.0 Å². The molecular formula is C11H11F3N2O2S. The van der Waals surface area contributed by atoms with Gasteiger partial charge in [0, 0.05) is 12.1 Å². The van der Waals surface area contributed by atoms with Crippen molar-refractivity contribution < 1.29 is 21.6 Å². The van der Waals surface area contributed by atoms with Crippen LogP contribution in [0.2, 0.25) is 0 Å². The molecule has 0 aliphatic rings. The van der Waals surface area contributed by atoms with E-state index in [4.69, 9.17) is 5.26 Å². The minimum absolute atomic E-state index is 0.0904. The number of nitrogens with zero attached hydrogens (tertiary/aromatic N) is 1. The average Bonchev–Trinajstić information content (AvgIpc) is 2.26. The summed E-state index contributed by atoms with van der Waals surface area (Å²) >= 11 is 0. The van der Waals surface area contributed by atoms with Crippen molar-refractivity contribution in [2.45, 2.75) is 30.7 Å². The molecule has 0 aliphatic carbocycles. The number of sulfonamides is 1. The summed E-state index contributed by atoms with van der Waals surface area (Å²) in [6.07, 6.45) is 0.0904. The van der Waals surface area contributed by atoms with Crippen LogP contribution in [0.25, 0.3) is 0 Å². The number of nitrogens with one attached hydrogen (secondary N) is 1. The van der Waals surface area contributed by atoms with Crippen LogP contribution < -0.4 is 4.72 Å². The average molecular weight is 292 g/mol. The molecule has 0 amide bonds. The van der Waals surface area contributed by atoms with Gasteiger partial charge >= 0.3 is 0 Å². The minimum atomic E-state index is -4.61. The lowest BCUT2D eigenvalue weighted by Gasteiger charge is -2.21. The van der Waals surface area contributed by atoms with Gasteiger partial charge in [0.15, 0.2) is 4.90 Å². The second-order valence-electron chi connectivity index (χ2n) is 4.10. The molecule has 0 bridgehead atoms. The van der Waals surface area contributed by atoms with E-state index in [9.17, 15) is 21.6 Å². The van der Waals surface area contributed by atoms with Gasteiger partial charge in [-0.1, -0.05) is 6.92 Å². The summed E-state index contributed by atoms with van der Waals surface area (Å²) in [5, 5.41) is 8.85. The second kappa shape index (κ2) is 5.19. The first-order valence-corrected chi connectivity index (χ1v) is 6.73. The van der Waals surface area contributed by atoms with E-state index < -0.39 is 37.9 Å². The van der Waals surface area contributed by atoms with Crippen molar-refractivity contribution in [1.82, 2.24) is 4.72 Å². The molecular weight excluding hydrogens is 281 g/mol. The quantitative estimate of drug-likeness (QED) is 0.923. The van der Waals surface area contributed by atoms with E-state index in [2.05, 4.69) is 0 Å². The van der Waals surface area contributed by atoms with Gasteiger partial charge in [-0.25, -0.2) is 21.6 Å². The van der Waals surface area contributed by atoms with E-state index in [1.54, 1.807) is 6.07 Å². The van der Waals surface area contributed by atoms with Gasteiger partial charge in [-0.3, -0.25) is 0 Å². The third-order valence-corrected chi connectivity index (χ3v) is 4.19. The first-order valence-electron chi connectivity index (χ1n) is 5.25. The number of benzene rings is 1. The fourth-order valence-corrected chi connectivity index (χ4v) is 2.82. The summed E-state index contributed by atoms with van der Waals surface area (Å²) in [4.78, 5) is -1.30. The molecule has 0 heterocycles. The molecule has 0 saturated carbocycles. The molecule has 19 heavy (non-hydrogen) atoms. The fraction of sp³-hybridized carbons (Fsp3) is 0.364. The third kappa shape index (κ3) is 3.24. The number of hydrogen-bond acceptors (Lipinski definition) is 3. The first-order chi connectivity index (χ1) is 8.65. The summed E-state index contributed by atoms with van der Waals surface area (Å²) in [5.41, 5.74) is -1.51. The maximum Gasteiger partial charge on any atom is 0.247 e. The van der Waals surface area contributed by atoms with Crippen molar-refractivity contribution in [3.63, 3.8) is 0 Å². The van der Waals surface area contributed by atoms with Crippen LogP contribution in [0.3, 0.4) is 0 Å². The largest absolute Gasteiger partial charge is 0.247 e. The summed E-state index contributed by atoms with van der Waals surface area (Å²) in [6, 6.07) is 2.21. The Hall–Kier alpha value is -1.59. The molecule has 0 fully saturated rings. The Morgan fingerprint density at radius 3 is 2.16 bits per heavy atom. The predicted octanol–water partition coefficient (Wildman–Crippen LogP) is 2.07. The molecule has 1 atom stereocenters. The Labute approximate surface area is 108 Å². The van der Waals surface area contributed by atoms with Gasteiger partial charge in [-0.05, 0) is 13.3 Å². The Bertz CT molecular complexity index is 617. The maximum atomic E-state index is 13.4. The molecule has 8 heteroatoms. The molecule has 0 aliphatic heterocycles. The highest BCUT2D eigenvalue weighted by Crippen LogP contribution is 2.22. The standard InChI is InChI=1S/C11H11F3N2O2S/c1-3-11(2,6-15)16-19(17,18)10-8(13)4-7(12)5-9(10)14/h4-5,16H,3H2,1-2H3. The lowest BCUT2D eigenvalue weighted by Crippen LogP contribution is -2.44. The van der Waals surface area contributed by atoms with Crippen LogP contribution in [0, 0.1) is 28.8 Å². The minimum Gasteiger partial charge on any atom is -0.207 e. The molecule has 1 unspecified atom stereocenters. The molecule has 0 aromatic heterocycles. The van der Waals surface area contributed by atoms with E-state index in [1.165, 1.54) is 13.8 Å². The van der Waals surface area contributed by atoms with Gasteiger partial charge in [0.25, 0.3) is 0 Å². The molecule has 4 nitrogen and oxygen atoms in total. The Morgan fingerprint density at radius 1 is 1.32 bits per heavy atom. The Balaban J connectivity index is 3.35. The lowest BCUT2D eigenvalue weighted by molar-refractivity contribution is 0.470. The topological polar surface area (TPSA) is 70.0 Å². The zero-order chi connectivity index (χ0) is 14.8. The van der Waals surface area contributed by atoms with Gasteiger partial charge in [-0.2, -0.15) is 9.98 Å². The third-order valence-electron chi connectivity index (χ3n) is 2.55. The molecule has 1 aromatic rings. The van der Waals surface area contributed by atoms with Crippen molar-refractivity contribution in [2.24, 2.45) is 0 Å². The van der Waals surface area contributed by atoms with Crippen molar-refractivity contribution in [3.05, 3.63) is 29.6 Å². The summed E-state index contributed by atoms with van der Waals surface area (Å²) in [7, 11) is -4.61. The van der Waals surface area contributed by atoms with E-state index in [-0.39, 0.29) is 18.6 Å². The number of rotatable bonds is 4. The van der Waals surface area contributed by atoms with Gasteiger partial charge in [0.05, 0.1) is 6.07 Å². The molecule has 1 aromatic carbocycles. The van der Waals surface area contributed by atoms with Crippen LogP contribution in [-0.4, -0.2) is 14.0 Å². The van der Waals surface area contributed by atoms with E-state index >= 15 is 0 Å². The van der Waals surface area contributed by atoms with Crippen molar-refractivity contribution in [1.29, 1.82) is 5.26 Å². The van der Waals surface area contributed by atoms with Crippen LogP contribution in [0.1, 0.15) is 20.3 Å². The first kappa shape index (κ1) is 15.5. The zero-order valence-electron chi connectivity index (χ0n) is 10.2. The fourth-order valence-electron chi connectivity index (χ4n) is 1.31. The lowest BCUT2D eigenvalue weighted by atomic mass is 10.0. The molecule has 0 radical (unpaired) electrons. The van der Waals surface area contributed by atoms with E-state index in [0.29, 0.717) is 0 Å². The normalized spacial score (nSPS) is 14.7. The van der Waals surface area contributed by atoms with E-state index in [0.717, 1.165) is 0 Å². The van der Waals surface area contributed by atoms with Crippen LogP contribution >= 0.6 is 0 Å². The number of nitriles is 1. The summed E-state index contributed by atoms with van der Waals surface area (Å²) in [6.45, 7) is 2.80. The monoisotopic (exact) mass is 292 g/mol. The smallest absolute Gasteiger partial charge is 0.207 e. The van der Waals surface area contributed by atoms with Crippen LogP contribution in [0.15, 0.2) is 17.0 Å². The van der Waals surface area contributed by atoms with Gasteiger partial charge in [-0.15, -0.1) is 0 Å². The highest BCUT2D eigenvalue weighted by molar-refractivity contribution is 7.89. The number of halogens is 3. The molecule has 0 saturated heterocycles. The van der Waals surface area contributed by atoms with Crippen LogP contribution in [-0.2, 0) is 10.0 Å². The van der Waals surface area contributed by atoms with Crippen LogP contribution in [0.4, 0.5) is 13.2 Å². The molecule has 1 N–H and O–H groups in total. The van der Waals surface area contributed by atoms with Gasteiger partial charge < -0.3 is 0 Å². The highest BCUT2D eigenvalue weighted by Gasteiger charge is 2.33. The second-order valence-corrected chi connectivity index (χ2v) is 5.72. The van der Waals surface area contributed by atoms with E-state index in [1.807, 2.05) is 4.72 Å². The molecule has 1 rings (SSSR count). The number of hydrogen-bond donors (Lipinski definition) is 1. The van der Waals surface area contributed by atoms with Crippen molar-refractivity contribution in [3.8, 4) is 6.07 Å². The van der Waals surface area contributed by atoms with Crippen molar-refractivity contribution >= 4 is 10.0 Å². The molecule has 104 valence electrons. The Kier molecular flexibility index (Phi) is 4.22. The maximum absolute atomic E-state index is 13.4. The summed E-state index contributed by atoms with van der Waals surface area (Å²) in [5.74, 6) is -4.34. The highest BCUT2D eigenvalue weighted by atomic mass is 32.2. The summed E-state index contributed by atoms with van der Waals surface area (Å²) < 4.78 is 65.1. The van der Waals surface area contributed by atoms with Gasteiger partial charge in [0.1, 0.15) is 23.0 Å². The molecule has 0 spiro atoms. The zero-order valence-corrected chi connectivity index (χ0v) is 11.0. The Morgan fingerprint density at radius 2 is 1.79 bits per heavy atom. The van der Waals surface area contributed by atoms with Crippen molar-refractivity contribution in [2.75, 3.05) is 0 Å². The van der Waals surface area contributed by atoms with Crippen LogP contribution in [0.5, 0.6) is 0 Å². The predicted molar refractivity (Wildman–Crippen MR) is 60.9 cm³/mol. The SMILES string of the molecule is CCC(C)(C#N)NS(=O)(=O)c1c(F)cc(F)cc1F.